The minimum absolute atomic E-state index is 0.0972. The molecule has 1 aromatic rings. The number of hydrogen-bond acceptors (Lipinski definition) is 3. The Morgan fingerprint density at radius 3 is 2.62 bits per heavy atom. The fraction of sp³-hybridized carbons (Fsp3) is 0.250. The fourth-order valence-electron chi connectivity index (χ4n) is 1.01. The molecule has 0 saturated heterocycles. The summed E-state index contributed by atoms with van der Waals surface area (Å²) in [5.41, 5.74) is 2.38. The number of hydrazine groups is 1. The Bertz CT molecular complexity index is 317. The van der Waals surface area contributed by atoms with Gasteiger partial charge in [0, 0.05) is 17.7 Å². The van der Waals surface area contributed by atoms with Crippen LogP contribution in [0.4, 0.5) is 8.78 Å². The van der Waals surface area contributed by atoms with Gasteiger partial charge in [0.1, 0.15) is 5.82 Å². The first-order chi connectivity index (χ1) is 6.06. The molecular weight excluding hydrogens is 178 g/mol. The highest BCUT2D eigenvalue weighted by Crippen LogP contribution is 2.27. The minimum Gasteiger partial charge on any atom is -0.505 e. The Kier molecular flexibility index (Phi) is 2.79. The van der Waals surface area contributed by atoms with Gasteiger partial charge in [-0.2, -0.15) is 0 Å². The lowest BCUT2D eigenvalue weighted by Crippen LogP contribution is -2.25. The average Bonchev–Trinajstić information content (AvgIpc) is 2.10. The third-order valence-electron chi connectivity index (χ3n) is 1.77. The van der Waals surface area contributed by atoms with E-state index in [4.69, 9.17) is 5.84 Å². The second kappa shape index (κ2) is 3.68. The van der Waals surface area contributed by atoms with E-state index in [1.165, 1.54) is 0 Å². The number of nitrogens with two attached hydrogens (primary N) is 1. The Morgan fingerprint density at radius 1 is 1.46 bits per heavy atom. The molecule has 0 fully saturated rings. The number of halogens is 2. The van der Waals surface area contributed by atoms with Crippen molar-refractivity contribution < 1.29 is 13.9 Å². The van der Waals surface area contributed by atoms with E-state index in [1.807, 2.05) is 0 Å². The first-order valence-corrected chi connectivity index (χ1v) is 3.70. The van der Waals surface area contributed by atoms with Gasteiger partial charge >= 0.3 is 0 Å². The molecule has 1 rings (SSSR count). The van der Waals surface area contributed by atoms with Crippen molar-refractivity contribution in [2.24, 2.45) is 5.84 Å². The maximum absolute atomic E-state index is 12.8. The van der Waals surface area contributed by atoms with Gasteiger partial charge in [-0.25, -0.2) is 8.78 Å². The number of benzene rings is 1. The molecule has 0 aliphatic carbocycles. The third kappa shape index (κ3) is 1.93. The van der Waals surface area contributed by atoms with E-state index in [-0.39, 0.29) is 5.56 Å². The molecule has 0 unspecified atom stereocenters. The van der Waals surface area contributed by atoms with Gasteiger partial charge in [-0.05, 0) is 13.0 Å². The number of phenolic OH excluding ortho intramolecular Hbond substituents is 1. The third-order valence-corrected chi connectivity index (χ3v) is 1.77. The van der Waals surface area contributed by atoms with Crippen LogP contribution in [0.3, 0.4) is 0 Å². The number of rotatable bonds is 2. The van der Waals surface area contributed by atoms with E-state index in [9.17, 15) is 13.9 Å². The van der Waals surface area contributed by atoms with Crippen LogP contribution in [0.15, 0.2) is 12.1 Å². The SMILES string of the molecule is C[C@@H](NN)c1cc(F)cc(F)c1O. The van der Waals surface area contributed by atoms with Gasteiger partial charge in [0.25, 0.3) is 0 Å². The molecule has 5 heteroatoms. The summed E-state index contributed by atoms with van der Waals surface area (Å²) in [5.74, 6) is 2.76. The molecule has 0 saturated carbocycles. The number of nitrogens with one attached hydrogen (secondary N) is 1. The van der Waals surface area contributed by atoms with Crippen molar-refractivity contribution in [1.29, 1.82) is 0 Å². The molecule has 0 spiro atoms. The molecule has 3 nitrogen and oxygen atoms in total. The maximum Gasteiger partial charge on any atom is 0.168 e. The monoisotopic (exact) mass is 188 g/mol. The lowest BCUT2D eigenvalue weighted by molar-refractivity contribution is 0.410. The molecule has 1 aromatic carbocycles. The molecule has 72 valence electrons. The molecule has 13 heavy (non-hydrogen) atoms. The molecule has 0 radical (unpaired) electrons. The molecule has 0 bridgehead atoms. The summed E-state index contributed by atoms with van der Waals surface area (Å²) >= 11 is 0. The summed E-state index contributed by atoms with van der Waals surface area (Å²) in [6, 6.07) is 1.13. The lowest BCUT2D eigenvalue weighted by atomic mass is 10.1. The highest BCUT2D eigenvalue weighted by molar-refractivity contribution is 5.36. The number of hydrogen-bond donors (Lipinski definition) is 3. The van der Waals surface area contributed by atoms with Gasteiger partial charge in [0.2, 0.25) is 0 Å². The Balaban J connectivity index is 3.20. The topological polar surface area (TPSA) is 58.3 Å². The molecule has 0 aliphatic heterocycles. The fourth-order valence-corrected chi connectivity index (χ4v) is 1.01. The zero-order chi connectivity index (χ0) is 10.0. The van der Waals surface area contributed by atoms with E-state index < -0.39 is 23.4 Å². The van der Waals surface area contributed by atoms with E-state index in [2.05, 4.69) is 5.43 Å². The van der Waals surface area contributed by atoms with E-state index in [1.54, 1.807) is 6.92 Å². The highest BCUT2D eigenvalue weighted by atomic mass is 19.1. The Labute approximate surface area is 74.1 Å². The van der Waals surface area contributed by atoms with E-state index >= 15 is 0 Å². The predicted octanol–water partition coefficient (Wildman–Crippen LogP) is 1.19. The van der Waals surface area contributed by atoms with Gasteiger partial charge in [-0.15, -0.1) is 0 Å². The standard InChI is InChI=1S/C8H10F2N2O/c1-4(12-11)6-2-5(9)3-7(10)8(6)13/h2-4,12-13H,11H2,1H3/t4-/m1/s1. The van der Waals surface area contributed by atoms with Gasteiger partial charge < -0.3 is 5.11 Å². The normalized spacial score (nSPS) is 12.9. The van der Waals surface area contributed by atoms with Crippen LogP contribution in [-0.4, -0.2) is 5.11 Å². The van der Waals surface area contributed by atoms with Gasteiger partial charge in [0.05, 0.1) is 0 Å². The summed E-state index contributed by atoms with van der Waals surface area (Å²) in [5, 5.41) is 9.19. The van der Waals surface area contributed by atoms with E-state index in [0.717, 1.165) is 6.07 Å². The molecule has 1 atom stereocenters. The second-order valence-corrected chi connectivity index (χ2v) is 2.71. The summed E-state index contributed by atoms with van der Waals surface area (Å²) < 4.78 is 25.5. The molecule has 4 N–H and O–H groups in total. The van der Waals surface area contributed by atoms with Crippen molar-refractivity contribution >= 4 is 0 Å². The molecule has 0 amide bonds. The molecule has 0 heterocycles. The van der Waals surface area contributed by atoms with Crippen molar-refractivity contribution in [3.63, 3.8) is 0 Å². The van der Waals surface area contributed by atoms with Crippen LogP contribution in [0.5, 0.6) is 5.75 Å². The summed E-state index contributed by atoms with van der Waals surface area (Å²) in [6.07, 6.45) is 0. The predicted molar refractivity (Wildman–Crippen MR) is 43.8 cm³/mol. The zero-order valence-corrected chi connectivity index (χ0v) is 7.01. The first-order valence-electron chi connectivity index (χ1n) is 3.70. The highest BCUT2D eigenvalue weighted by Gasteiger charge is 2.14. The summed E-state index contributed by atoms with van der Waals surface area (Å²) in [6.45, 7) is 1.58. The van der Waals surface area contributed by atoms with Crippen molar-refractivity contribution in [1.82, 2.24) is 5.43 Å². The lowest BCUT2D eigenvalue weighted by Gasteiger charge is -2.12. The van der Waals surface area contributed by atoms with Gasteiger partial charge in [-0.3, -0.25) is 11.3 Å². The molecule has 0 aromatic heterocycles. The largest absolute Gasteiger partial charge is 0.505 e. The van der Waals surface area contributed by atoms with Crippen molar-refractivity contribution in [3.8, 4) is 5.75 Å². The van der Waals surface area contributed by atoms with E-state index in [0.29, 0.717) is 6.07 Å². The van der Waals surface area contributed by atoms with Gasteiger partial charge in [-0.1, -0.05) is 0 Å². The Morgan fingerprint density at radius 2 is 2.08 bits per heavy atom. The van der Waals surface area contributed by atoms with Gasteiger partial charge in [0.15, 0.2) is 11.6 Å². The van der Waals surface area contributed by atoms with Crippen molar-refractivity contribution in [3.05, 3.63) is 29.3 Å². The molecule has 0 aliphatic rings. The summed E-state index contributed by atoms with van der Waals surface area (Å²) in [4.78, 5) is 0. The van der Waals surface area contributed by atoms with Crippen LogP contribution < -0.4 is 11.3 Å². The van der Waals surface area contributed by atoms with Crippen LogP contribution in [0.1, 0.15) is 18.5 Å². The quantitative estimate of drug-likeness (QED) is 0.482. The van der Waals surface area contributed by atoms with Crippen LogP contribution in [0.2, 0.25) is 0 Å². The average molecular weight is 188 g/mol. The van der Waals surface area contributed by atoms with Crippen molar-refractivity contribution in [2.45, 2.75) is 13.0 Å². The Hall–Kier alpha value is -1.20. The van der Waals surface area contributed by atoms with Crippen LogP contribution in [0, 0.1) is 11.6 Å². The van der Waals surface area contributed by atoms with Crippen molar-refractivity contribution in [2.75, 3.05) is 0 Å². The maximum atomic E-state index is 12.8. The smallest absolute Gasteiger partial charge is 0.168 e. The number of aromatic hydroxyl groups is 1. The van der Waals surface area contributed by atoms with Crippen LogP contribution in [0.25, 0.3) is 0 Å². The second-order valence-electron chi connectivity index (χ2n) is 2.71. The van der Waals surface area contributed by atoms with Crippen LogP contribution in [-0.2, 0) is 0 Å². The zero-order valence-electron chi connectivity index (χ0n) is 7.01. The summed E-state index contributed by atoms with van der Waals surface area (Å²) in [7, 11) is 0. The van der Waals surface area contributed by atoms with Crippen LogP contribution >= 0.6 is 0 Å². The molecular formula is C8H10F2N2O. The minimum atomic E-state index is -0.989. The number of phenols is 1. The first kappa shape index (κ1) is 9.88.